The lowest BCUT2D eigenvalue weighted by Crippen LogP contribution is -2.32. The van der Waals surface area contributed by atoms with Crippen LogP contribution in [0.15, 0.2) is 18.2 Å². The number of nitrogens with one attached hydrogen (secondary N) is 1. The Balaban J connectivity index is 2.75. The quantitative estimate of drug-likeness (QED) is 0.826. The molecule has 1 rings (SSSR count). The van der Waals surface area contributed by atoms with Gasteiger partial charge in [-0.15, -0.1) is 0 Å². The van der Waals surface area contributed by atoms with Crippen LogP contribution < -0.4 is 5.32 Å². The van der Waals surface area contributed by atoms with Gasteiger partial charge in [-0.3, -0.25) is 0 Å². The van der Waals surface area contributed by atoms with Crippen molar-refractivity contribution in [3.63, 3.8) is 0 Å². The van der Waals surface area contributed by atoms with Crippen molar-refractivity contribution in [2.75, 3.05) is 19.0 Å². The molecule has 0 aliphatic heterocycles. The predicted molar refractivity (Wildman–Crippen MR) is 67.7 cm³/mol. The van der Waals surface area contributed by atoms with Gasteiger partial charge < -0.3 is 15.2 Å². The minimum atomic E-state index is -0.897. The number of anilines is 1. The lowest BCUT2D eigenvalue weighted by Gasteiger charge is -2.24. The molecule has 94 valence electrons. The Bertz CT molecular complexity index is 413. The van der Waals surface area contributed by atoms with E-state index >= 15 is 0 Å². The Hall–Kier alpha value is -1.55. The zero-order valence-electron chi connectivity index (χ0n) is 10.7. The van der Waals surface area contributed by atoms with Crippen LogP contribution in [0.4, 0.5) is 5.69 Å². The van der Waals surface area contributed by atoms with Crippen molar-refractivity contribution in [2.24, 2.45) is 0 Å². The average molecular weight is 237 g/mol. The highest BCUT2D eigenvalue weighted by atomic mass is 16.5. The zero-order valence-corrected chi connectivity index (χ0v) is 10.7. The van der Waals surface area contributed by atoms with Crippen LogP contribution >= 0.6 is 0 Å². The third kappa shape index (κ3) is 3.75. The summed E-state index contributed by atoms with van der Waals surface area (Å²) in [5.74, 6) is -0.897. The Morgan fingerprint density at radius 1 is 1.47 bits per heavy atom. The van der Waals surface area contributed by atoms with E-state index in [-0.39, 0.29) is 5.60 Å². The van der Waals surface area contributed by atoms with Gasteiger partial charge in [0.2, 0.25) is 0 Å². The first kappa shape index (κ1) is 13.5. The maximum atomic E-state index is 10.9. The molecular formula is C13H19NO3. The normalized spacial score (nSPS) is 11.3. The molecule has 0 saturated heterocycles. The van der Waals surface area contributed by atoms with Crippen molar-refractivity contribution < 1.29 is 14.6 Å². The highest BCUT2D eigenvalue weighted by molar-refractivity contribution is 5.89. The fourth-order valence-electron chi connectivity index (χ4n) is 1.40. The molecule has 1 aromatic rings. The largest absolute Gasteiger partial charge is 0.478 e. The van der Waals surface area contributed by atoms with E-state index in [0.717, 1.165) is 11.3 Å². The summed E-state index contributed by atoms with van der Waals surface area (Å²) >= 11 is 0. The van der Waals surface area contributed by atoms with Gasteiger partial charge in [-0.1, -0.05) is 0 Å². The molecular weight excluding hydrogens is 218 g/mol. The fraction of sp³-hybridized carbons (Fsp3) is 0.462. The van der Waals surface area contributed by atoms with Gasteiger partial charge in [-0.2, -0.15) is 0 Å². The summed E-state index contributed by atoms with van der Waals surface area (Å²) in [6.07, 6.45) is 0. The lowest BCUT2D eigenvalue weighted by molar-refractivity contribution is 0.0343. The highest BCUT2D eigenvalue weighted by Gasteiger charge is 2.16. The minimum absolute atomic E-state index is 0.251. The van der Waals surface area contributed by atoms with Crippen molar-refractivity contribution in [3.05, 3.63) is 29.3 Å². The number of rotatable bonds is 5. The molecule has 0 saturated carbocycles. The topological polar surface area (TPSA) is 58.6 Å². The predicted octanol–water partition coefficient (Wildman–Crippen LogP) is 2.53. The van der Waals surface area contributed by atoms with Crippen LogP contribution in [0.1, 0.15) is 29.8 Å². The van der Waals surface area contributed by atoms with Gasteiger partial charge in [0, 0.05) is 19.3 Å². The van der Waals surface area contributed by atoms with Crippen LogP contribution in [-0.2, 0) is 4.74 Å². The molecule has 0 aliphatic rings. The van der Waals surface area contributed by atoms with E-state index in [2.05, 4.69) is 5.32 Å². The van der Waals surface area contributed by atoms with Gasteiger partial charge >= 0.3 is 5.97 Å². The molecule has 0 unspecified atom stereocenters. The van der Waals surface area contributed by atoms with Crippen molar-refractivity contribution in [1.82, 2.24) is 0 Å². The van der Waals surface area contributed by atoms with Gasteiger partial charge in [0.05, 0.1) is 11.2 Å². The molecule has 0 amide bonds. The molecule has 0 spiro atoms. The number of hydrogen-bond donors (Lipinski definition) is 2. The second-order valence-electron chi connectivity index (χ2n) is 4.65. The highest BCUT2D eigenvalue weighted by Crippen LogP contribution is 2.17. The molecule has 4 nitrogen and oxygen atoms in total. The summed E-state index contributed by atoms with van der Waals surface area (Å²) in [6.45, 7) is 6.42. The molecule has 0 fully saturated rings. The molecule has 1 aromatic carbocycles. The molecule has 0 heterocycles. The lowest BCUT2D eigenvalue weighted by atomic mass is 10.1. The van der Waals surface area contributed by atoms with Crippen molar-refractivity contribution in [2.45, 2.75) is 26.4 Å². The third-order valence-corrected chi connectivity index (χ3v) is 2.73. The van der Waals surface area contributed by atoms with E-state index in [1.54, 1.807) is 26.2 Å². The van der Waals surface area contributed by atoms with E-state index in [1.165, 1.54) is 0 Å². The Morgan fingerprint density at radius 3 is 2.59 bits per heavy atom. The summed E-state index contributed by atoms with van der Waals surface area (Å²) in [4.78, 5) is 10.9. The number of carbonyl (C=O) groups is 1. The molecule has 0 bridgehead atoms. The number of aryl methyl sites for hydroxylation is 1. The summed E-state index contributed by atoms with van der Waals surface area (Å²) < 4.78 is 5.29. The number of ether oxygens (including phenoxy) is 1. The number of aromatic carboxylic acids is 1. The Kier molecular flexibility index (Phi) is 4.12. The van der Waals surface area contributed by atoms with Gasteiger partial charge in [0.15, 0.2) is 0 Å². The summed E-state index contributed by atoms with van der Waals surface area (Å²) in [6, 6.07) is 5.21. The van der Waals surface area contributed by atoms with E-state index in [9.17, 15) is 4.79 Å². The Labute approximate surface area is 102 Å². The molecule has 4 heteroatoms. The van der Waals surface area contributed by atoms with E-state index in [4.69, 9.17) is 9.84 Å². The van der Waals surface area contributed by atoms with Crippen LogP contribution in [0.3, 0.4) is 0 Å². The van der Waals surface area contributed by atoms with Crippen LogP contribution in [0.25, 0.3) is 0 Å². The molecule has 0 aromatic heterocycles. The molecule has 0 atom stereocenters. The van der Waals surface area contributed by atoms with Gasteiger partial charge in [-0.25, -0.2) is 4.79 Å². The van der Waals surface area contributed by atoms with Crippen molar-refractivity contribution in [1.29, 1.82) is 0 Å². The molecule has 2 N–H and O–H groups in total. The number of hydrogen-bond acceptors (Lipinski definition) is 3. The average Bonchev–Trinajstić information content (AvgIpc) is 2.26. The number of carboxylic acids is 1. The SMILES string of the molecule is COC(C)(C)CNc1ccc(C(=O)O)c(C)c1. The van der Waals surface area contributed by atoms with Crippen LogP contribution in [0.5, 0.6) is 0 Å². The fourth-order valence-corrected chi connectivity index (χ4v) is 1.40. The number of carboxylic acid groups (broad SMARTS) is 1. The molecule has 0 radical (unpaired) electrons. The first-order chi connectivity index (χ1) is 7.85. The smallest absolute Gasteiger partial charge is 0.335 e. The molecule has 17 heavy (non-hydrogen) atoms. The number of methoxy groups -OCH3 is 1. The first-order valence-corrected chi connectivity index (χ1v) is 5.49. The number of benzene rings is 1. The third-order valence-electron chi connectivity index (χ3n) is 2.73. The van der Waals surface area contributed by atoms with E-state index < -0.39 is 5.97 Å². The maximum absolute atomic E-state index is 10.9. The zero-order chi connectivity index (χ0) is 13.1. The van der Waals surface area contributed by atoms with Gasteiger partial charge in [0.1, 0.15) is 0 Å². The summed E-state index contributed by atoms with van der Waals surface area (Å²) in [5.41, 5.74) is 1.73. The van der Waals surface area contributed by atoms with Crippen LogP contribution in [-0.4, -0.2) is 30.3 Å². The second kappa shape index (κ2) is 5.19. The van der Waals surface area contributed by atoms with Crippen molar-refractivity contribution >= 4 is 11.7 Å². The maximum Gasteiger partial charge on any atom is 0.335 e. The monoisotopic (exact) mass is 237 g/mol. The Morgan fingerprint density at radius 2 is 2.12 bits per heavy atom. The second-order valence-corrected chi connectivity index (χ2v) is 4.65. The summed E-state index contributed by atoms with van der Waals surface area (Å²) in [7, 11) is 1.67. The van der Waals surface area contributed by atoms with E-state index in [0.29, 0.717) is 12.1 Å². The van der Waals surface area contributed by atoms with Crippen LogP contribution in [0, 0.1) is 6.92 Å². The van der Waals surface area contributed by atoms with Crippen molar-refractivity contribution in [3.8, 4) is 0 Å². The molecule has 0 aliphatic carbocycles. The summed E-state index contributed by atoms with van der Waals surface area (Å²) in [5, 5.41) is 12.1. The van der Waals surface area contributed by atoms with E-state index in [1.807, 2.05) is 19.9 Å². The van der Waals surface area contributed by atoms with Gasteiger partial charge in [-0.05, 0) is 44.5 Å². The van der Waals surface area contributed by atoms with Gasteiger partial charge in [0.25, 0.3) is 0 Å². The minimum Gasteiger partial charge on any atom is -0.478 e. The standard InChI is InChI=1S/C13H19NO3/c1-9-7-10(5-6-11(9)12(15)16)14-8-13(2,3)17-4/h5-7,14H,8H2,1-4H3,(H,15,16). The first-order valence-electron chi connectivity index (χ1n) is 5.49. The van der Waals surface area contributed by atoms with Crippen LogP contribution in [0.2, 0.25) is 0 Å².